The highest BCUT2D eigenvalue weighted by atomic mass is 79.9. The van der Waals surface area contributed by atoms with Gasteiger partial charge in [-0.15, -0.1) is 0 Å². The van der Waals surface area contributed by atoms with Crippen LogP contribution < -0.4 is 26.8 Å². The number of halogens is 2. The first-order valence-corrected chi connectivity index (χ1v) is 9.79. The molecule has 3 aliphatic rings. The second-order valence-electron chi connectivity index (χ2n) is 6.84. The van der Waals surface area contributed by atoms with Gasteiger partial charge in [-0.2, -0.15) is 0 Å². The Hall–Kier alpha value is -0.850. The Morgan fingerprint density at radius 3 is 2.73 bits per heavy atom. The zero-order valence-electron chi connectivity index (χ0n) is 14.6. The van der Waals surface area contributed by atoms with E-state index in [9.17, 15) is 14.0 Å². The second-order valence-corrected chi connectivity index (χ2v) is 7.83. The van der Waals surface area contributed by atoms with E-state index in [0.29, 0.717) is 6.42 Å². The van der Waals surface area contributed by atoms with Gasteiger partial charge in [-0.25, -0.2) is 15.2 Å². The molecule has 3 heterocycles. The zero-order valence-corrected chi connectivity index (χ0v) is 16.2. The lowest BCUT2D eigenvalue weighted by Gasteiger charge is -2.38. The number of amides is 1. The molecule has 0 bridgehead atoms. The summed E-state index contributed by atoms with van der Waals surface area (Å²) in [6, 6.07) is -1.89. The number of piperidine rings is 1. The van der Waals surface area contributed by atoms with Crippen molar-refractivity contribution in [3.63, 3.8) is 0 Å². The van der Waals surface area contributed by atoms with Crippen molar-refractivity contribution in [1.82, 2.24) is 31.7 Å². The van der Waals surface area contributed by atoms with E-state index in [1.165, 1.54) is 7.11 Å². The topological polar surface area (TPSA) is 107 Å². The van der Waals surface area contributed by atoms with Gasteiger partial charge in [0.15, 0.2) is 0 Å². The molecule has 0 radical (unpaired) electrons. The van der Waals surface area contributed by atoms with Gasteiger partial charge < -0.3 is 15.4 Å². The molecule has 26 heavy (non-hydrogen) atoms. The van der Waals surface area contributed by atoms with E-state index in [4.69, 9.17) is 4.74 Å². The number of alkyl halides is 2. The van der Waals surface area contributed by atoms with E-state index in [1.54, 1.807) is 0 Å². The second kappa shape index (κ2) is 8.89. The van der Waals surface area contributed by atoms with E-state index < -0.39 is 35.2 Å². The molecule has 3 saturated heterocycles. The number of hydrogen-bond acceptors (Lipinski definition) is 8. The third kappa shape index (κ3) is 4.52. The maximum absolute atomic E-state index is 14.0. The molecule has 11 heteroatoms. The van der Waals surface area contributed by atoms with Gasteiger partial charge in [0.2, 0.25) is 5.91 Å². The van der Waals surface area contributed by atoms with Gasteiger partial charge >= 0.3 is 5.97 Å². The number of hydrazine groups is 1. The third-order valence-electron chi connectivity index (χ3n) is 5.12. The van der Waals surface area contributed by atoms with Crippen LogP contribution in [0.1, 0.15) is 19.3 Å². The van der Waals surface area contributed by atoms with Gasteiger partial charge in [0.05, 0.1) is 24.3 Å². The normalized spacial score (nSPS) is 38.7. The molecular weight excluding hydrogens is 411 g/mol. The lowest BCUT2D eigenvalue weighted by Crippen LogP contribution is -2.66. The molecule has 6 atom stereocenters. The highest BCUT2D eigenvalue weighted by Gasteiger charge is 2.42. The van der Waals surface area contributed by atoms with E-state index in [-0.39, 0.29) is 18.5 Å². The predicted molar refractivity (Wildman–Crippen MR) is 95.8 cm³/mol. The molecule has 0 aromatic carbocycles. The number of hydrogen-bond donors (Lipinski definition) is 5. The summed E-state index contributed by atoms with van der Waals surface area (Å²) in [5, 5.41) is 8.89. The Balaban J connectivity index is 1.53. The molecule has 3 aliphatic heterocycles. The molecule has 0 aliphatic carbocycles. The van der Waals surface area contributed by atoms with Crippen LogP contribution >= 0.6 is 15.9 Å². The number of rotatable bonds is 4. The summed E-state index contributed by atoms with van der Waals surface area (Å²) in [5.74, 6) is -0.778. The molecule has 6 unspecified atom stereocenters. The highest BCUT2D eigenvalue weighted by Crippen LogP contribution is 2.22. The van der Waals surface area contributed by atoms with Crippen LogP contribution in [-0.4, -0.2) is 79.1 Å². The van der Waals surface area contributed by atoms with Gasteiger partial charge in [0.1, 0.15) is 18.3 Å². The average Bonchev–Trinajstić information content (AvgIpc) is 3.18. The van der Waals surface area contributed by atoms with Gasteiger partial charge in [-0.1, -0.05) is 15.9 Å². The molecule has 3 fully saturated rings. The van der Waals surface area contributed by atoms with Crippen molar-refractivity contribution >= 4 is 27.8 Å². The summed E-state index contributed by atoms with van der Waals surface area (Å²) < 4.78 is 18.8. The van der Waals surface area contributed by atoms with Crippen molar-refractivity contribution in [3.8, 4) is 0 Å². The lowest BCUT2D eigenvalue weighted by molar-refractivity contribution is -0.145. The lowest BCUT2D eigenvalue weighted by atomic mass is 9.96. The Morgan fingerprint density at radius 2 is 2.12 bits per heavy atom. The molecule has 0 aromatic heterocycles. The van der Waals surface area contributed by atoms with Crippen LogP contribution in [0.25, 0.3) is 0 Å². The van der Waals surface area contributed by atoms with Crippen molar-refractivity contribution in [1.29, 1.82) is 0 Å². The van der Waals surface area contributed by atoms with Crippen LogP contribution in [0.4, 0.5) is 4.39 Å². The van der Waals surface area contributed by atoms with E-state index in [1.807, 2.05) is 0 Å². The van der Waals surface area contributed by atoms with Crippen molar-refractivity contribution in [2.75, 3.05) is 26.9 Å². The quantitative estimate of drug-likeness (QED) is 0.206. The highest BCUT2D eigenvalue weighted by molar-refractivity contribution is 9.09. The average molecular weight is 437 g/mol. The standard InChI is InChI=1S/C15H26BrFN6O3/c1-26-15(25)12-10(6-8(17)13(16)20-12)19-14(24)9-2-3-11(22-21-9)23-5-4-18-7-23/h8-13,18,20-22H,2-7H2,1H3,(H,19,24). The van der Waals surface area contributed by atoms with Crippen molar-refractivity contribution in [2.45, 2.75) is 54.7 Å². The zero-order chi connectivity index (χ0) is 18.7. The van der Waals surface area contributed by atoms with Gasteiger partial charge in [0, 0.05) is 26.2 Å². The maximum Gasteiger partial charge on any atom is 0.325 e. The Kier molecular flexibility index (Phi) is 6.81. The first-order valence-electron chi connectivity index (χ1n) is 8.88. The van der Waals surface area contributed by atoms with Crippen LogP contribution in [0, 0.1) is 0 Å². The number of carbonyl (C=O) groups is 2. The minimum atomic E-state index is -1.22. The van der Waals surface area contributed by atoms with Crippen LogP contribution in [0.5, 0.6) is 0 Å². The SMILES string of the molecule is COC(=O)C1NC(Br)C(F)CC1NC(=O)C1CCC(N2CCNC2)NN1. The van der Waals surface area contributed by atoms with Crippen LogP contribution in [0.15, 0.2) is 0 Å². The fourth-order valence-corrected chi connectivity index (χ4v) is 4.10. The van der Waals surface area contributed by atoms with E-state index in [0.717, 1.165) is 26.2 Å². The fourth-order valence-electron chi connectivity index (χ4n) is 3.60. The van der Waals surface area contributed by atoms with Crippen LogP contribution in [0.3, 0.4) is 0 Å². The smallest absolute Gasteiger partial charge is 0.325 e. The third-order valence-corrected chi connectivity index (χ3v) is 5.96. The van der Waals surface area contributed by atoms with Crippen LogP contribution in [-0.2, 0) is 14.3 Å². The number of nitrogens with zero attached hydrogens (tertiary/aromatic N) is 1. The Bertz CT molecular complexity index is 516. The Morgan fingerprint density at radius 1 is 1.31 bits per heavy atom. The monoisotopic (exact) mass is 436 g/mol. The number of nitrogens with one attached hydrogen (secondary N) is 5. The fraction of sp³-hybridized carbons (Fsp3) is 0.867. The molecule has 9 nitrogen and oxygen atoms in total. The minimum absolute atomic E-state index is 0.0383. The maximum atomic E-state index is 14.0. The Labute approximate surface area is 160 Å². The molecular formula is C15H26BrFN6O3. The van der Waals surface area contributed by atoms with E-state index >= 15 is 0 Å². The molecule has 0 aromatic rings. The number of esters is 1. The van der Waals surface area contributed by atoms with Gasteiger partial charge in [-0.05, 0) is 12.8 Å². The first-order chi connectivity index (χ1) is 12.5. The predicted octanol–water partition coefficient (Wildman–Crippen LogP) is -1.49. The summed E-state index contributed by atoms with van der Waals surface area (Å²) in [6.07, 6.45) is 0.480. The van der Waals surface area contributed by atoms with E-state index in [2.05, 4.69) is 47.6 Å². The van der Waals surface area contributed by atoms with Gasteiger partial charge in [-0.3, -0.25) is 19.8 Å². The van der Waals surface area contributed by atoms with Crippen molar-refractivity contribution in [3.05, 3.63) is 0 Å². The number of methoxy groups -OCH3 is 1. The van der Waals surface area contributed by atoms with Crippen molar-refractivity contribution < 1.29 is 18.7 Å². The summed E-state index contributed by atoms with van der Waals surface area (Å²) in [7, 11) is 1.27. The molecule has 3 rings (SSSR count). The molecule has 0 spiro atoms. The first kappa shape index (κ1) is 19.9. The van der Waals surface area contributed by atoms with Crippen LogP contribution in [0.2, 0.25) is 0 Å². The largest absolute Gasteiger partial charge is 0.468 e. The summed E-state index contributed by atoms with van der Waals surface area (Å²) in [5.41, 5.74) is 6.22. The summed E-state index contributed by atoms with van der Waals surface area (Å²) in [4.78, 5) is 26.2. The number of ether oxygens (including phenoxy) is 1. The van der Waals surface area contributed by atoms with Gasteiger partial charge in [0.25, 0.3) is 0 Å². The minimum Gasteiger partial charge on any atom is -0.468 e. The molecule has 0 saturated carbocycles. The summed E-state index contributed by atoms with van der Waals surface area (Å²) >= 11 is 3.16. The molecule has 148 valence electrons. The van der Waals surface area contributed by atoms with Crippen molar-refractivity contribution in [2.24, 2.45) is 0 Å². The summed E-state index contributed by atoms with van der Waals surface area (Å²) in [6.45, 7) is 2.76. The number of carbonyl (C=O) groups excluding carboxylic acids is 2. The molecule has 1 amide bonds. The molecule has 5 N–H and O–H groups in total.